The summed E-state index contributed by atoms with van der Waals surface area (Å²) in [5, 5.41) is 0. The zero-order valence-corrected chi connectivity index (χ0v) is 12.0. The van der Waals surface area contributed by atoms with E-state index in [1.165, 1.54) is 0 Å². The molecule has 0 unspecified atom stereocenters. The van der Waals surface area contributed by atoms with E-state index in [1.807, 2.05) is 42.7 Å². The van der Waals surface area contributed by atoms with Crippen molar-refractivity contribution in [2.45, 2.75) is 25.9 Å². The third kappa shape index (κ3) is 3.24. The fourth-order valence-corrected chi connectivity index (χ4v) is 3.26. The lowest BCUT2D eigenvalue weighted by Crippen LogP contribution is -2.46. The van der Waals surface area contributed by atoms with Crippen LogP contribution in [0.4, 0.5) is 5.95 Å². The van der Waals surface area contributed by atoms with Crippen molar-refractivity contribution < 1.29 is 8.42 Å². The monoisotopic (exact) mass is 282 g/mol. The normalized spacial score (nSPS) is 13.0. The van der Waals surface area contributed by atoms with Crippen LogP contribution in [0.1, 0.15) is 13.8 Å². The van der Waals surface area contributed by atoms with Gasteiger partial charge in [-0.1, -0.05) is 12.1 Å². The van der Waals surface area contributed by atoms with Crippen LogP contribution in [-0.4, -0.2) is 29.8 Å². The van der Waals surface area contributed by atoms with Gasteiger partial charge in [0.2, 0.25) is 16.0 Å². The first-order valence-electron chi connectivity index (χ1n) is 5.88. The van der Waals surface area contributed by atoms with Crippen molar-refractivity contribution in [2.24, 2.45) is 0 Å². The molecule has 1 heterocycles. The Hall–Kier alpha value is -1.60. The quantitative estimate of drug-likeness (QED) is 0.873. The van der Waals surface area contributed by atoms with E-state index in [0.29, 0.717) is 12.5 Å². The van der Waals surface area contributed by atoms with Crippen LogP contribution in [0.2, 0.25) is 0 Å². The van der Waals surface area contributed by atoms with Gasteiger partial charge in [-0.15, -0.1) is 0 Å². The molecule has 19 heavy (non-hydrogen) atoms. The number of nitrogens with zero attached hydrogens (tertiary/aromatic N) is 2. The lowest BCUT2D eigenvalue weighted by molar-refractivity contribution is 0.398. The number of hydrogen-bond donors (Lipinski definition) is 2. The molecule has 0 saturated carbocycles. The Balaban J connectivity index is 2.38. The first kappa shape index (κ1) is 13.8. The second-order valence-corrected chi connectivity index (χ2v) is 7.05. The Morgan fingerprint density at radius 3 is 2.63 bits per heavy atom. The molecule has 0 aliphatic rings. The molecule has 0 aliphatic heterocycles. The van der Waals surface area contributed by atoms with E-state index in [0.717, 1.165) is 17.3 Å². The highest BCUT2D eigenvalue weighted by Crippen LogP contribution is 2.20. The van der Waals surface area contributed by atoms with Gasteiger partial charge in [0.1, 0.15) is 0 Å². The number of aromatic nitrogens is 2. The van der Waals surface area contributed by atoms with E-state index in [-0.39, 0.29) is 0 Å². The summed E-state index contributed by atoms with van der Waals surface area (Å²) in [6.07, 6.45) is 1.14. The summed E-state index contributed by atoms with van der Waals surface area (Å²) in [5.41, 5.74) is 6.94. The van der Waals surface area contributed by atoms with Crippen LogP contribution in [0.15, 0.2) is 24.3 Å². The molecule has 0 saturated heterocycles. The minimum absolute atomic E-state index is 0.379. The van der Waals surface area contributed by atoms with Gasteiger partial charge in [-0.05, 0) is 26.0 Å². The number of benzene rings is 1. The Morgan fingerprint density at radius 1 is 1.37 bits per heavy atom. The molecular formula is C12H18N4O2S. The van der Waals surface area contributed by atoms with Crippen molar-refractivity contribution in [3.63, 3.8) is 0 Å². The van der Waals surface area contributed by atoms with E-state index < -0.39 is 15.6 Å². The van der Waals surface area contributed by atoms with Gasteiger partial charge >= 0.3 is 0 Å². The lowest BCUT2D eigenvalue weighted by Gasteiger charge is -2.26. The number of rotatable bonds is 4. The number of nitrogens with one attached hydrogen (secondary N) is 1. The highest BCUT2D eigenvalue weighted by Gasteiger charge is 2.24. The number of imidazole rings is 1. The van der Waals surface area contributed by atoms with Crippen molar-refractivity contribution in [3.8, 4) is 0 Å². The van der Waals surface area contributed by atoms with Crippen molar-refractivity contribution in [2.75, 3.05) is 12.0 Å². The molecule has 104 valence electrons. The maximum atomic E-state index is 11.4. The molecule has 2 rings (SSSR count). The number of nitrogens with two attached hydrogens (primary N) is 1. The zero-order valence-electron chi connectivity index (χ0n) is 11.2. The van der Waals surface area contributed by atoms with Crippen molar-refractivity contribution in [3.05, 3.63) is 24.3 Å². The molecular weight excluding hydrogens is 264 g/mol. The van der Waals surface area contributed by atoms with Gasteiger partial charge in [0.05, 0.1) is 17.3 Å². The molecule has 1 aromatic heterocycles. The molecule has 0 bridgehead atoms. The van der Waals surface area contributed by atoms with E-state index in [2.05, 4.69) is 9.71 Å². The number of hydrogen-bond acceptors (Lipinski definition) is 4. The summed E-state index contributed by atoms with van der Waals surface area (Å²) >= 11 is 0. The molecule has 7 heteroatoms. The van der Waals surface area contributed by atoms with Crippen LogP contribution < -0.4 is 10.5 Å². The molecule has 6 nitrogen and oxygen atoms in total. The topological polar surface area (TPSA) is 90.0 Å². The van der Waals surface area contributed by atoms with Gasteiger partial charge in [0.15, 0.2) is 0 Å². The van der Waals surface area contributed by atoms with Gasteiger partial charge in [-0.2, -0.15) is 0 Å². The number of para-hydroxylation sites is 2. The minimum atomic E-state index is -3.28. The fourth-order valence-electron chi connectivity index (χ4n) is 2.19. The first-order chi connectivity index (χ1) is 8.68. The maximum Gasteiger partial charge on any atom is 0.209 e. The molecule has 0 fully saturated rings. The lowest BCUT2D eigenvalue weighted by atomic mass is 10.1. The predicted octanol–water partition coefficient (Wildman–Crippen LogP) is 0.946. The van der Waals surface area contributed by atoms with E-state index in [9.17, 15) is 8.42 Å². The van der Waals surface area contributed by atoms with Gasteiger partial charge in [-0.25, -0.2) is 18.1 Å². The van der Waals surface area contributed by atoms with Gasteiger partial charge < -0.3 is 10.3 Å². The van der Waals surface area contributed by atoms with Crippen LogP contribution in [0.3, 0.4) is 0 Å². The average molecular weight is 282 g/mol. The van der Waals surface area contributed by atoms with Crippen molar-refractivity contribution in [1.29, 1.82) is 0 Å². The average Bonchev–Trinajstić information content (AvgIpc) is 2.52. The Morgan fingerprint density at radius 2 is 2.00 bits per heavy atom. The Bertz CT molecular complexity index is 704. The summed E-state index contributed by atoms with van der Waals surface area (Å²) < 4.78 is 27.1. The molecule has 1 aromatic carbocycles. The standard InChI is InChI=1S/C12H18N4O2S/c1-12(2,15-19(3,17)18)8-16-10-7-5-4-6-9(10)14-11(16)13/h4-7,15H,8H2,1-3H3,(H2,13,14). The number of anilines is 1. The van der Waals surface area contributed by atoms with Gasteiger partial charge in [0.25, 0.3) is 0 Å². The highest BCUT2D eigenvalue weighted by atomic mass is 32.2. The SMILES string of the molecule is CC(C)(Cn1c(N)nc2ccccc21)NS(C)(=O)=O. The van der Waals surface area contributed by atoms with Crippen LogP contribution >= 0.6 is 0 Å². The summed E-state index contributed by atoms with van der Waals surface area (Å²) in [7, 11) is -3.28. The predicted molar refractivity (Wildman–Crippen MR) is 76.2 cm³/mol. The van der Waals surface area contributed by atoms with Gasteiger partial charge in [-0.3, -0.25) is 0 Å². The van der Waals surface area contributed by atoms with Crippen LogP contribution in [0, 0.1) is 0 Å². The third-order valence-corrected chi connectivity index (χ3v) is 3.62. The summed E-state index contributed by atoms with van der Waals surface area (Å²) in [6.45, 7) is 4.02. The van der Waals surface area contributed by atoms with Gasteiger partial charge in [0, 0.05) is 12.1 Å². The largest absolute Gasteiger partial charge is 0.369 e. The summed E-state index contributed by atoms with van der Waals surface area (Å²) in [6, 6.07) is 7.57. The number of fused-ring (bicyclic) bond motifs is 1. The second-order valence-electron chi connectivity index (χ2n) is 5.30. The fraction of sp³-hybridized carbons (Fsp3) is 0.417. The number of sulfonamides is 1. The minimum Gasteiger partial charge on any atom is -0.369 e. The molecule has 0 spiro atoms. The molecule has 0 amide bonds. The molecule has 0 aliphatic carbocycles. The maximum absolute atomic E-state index is 11.4. The summed E-state index contributed by atoms with van der Waals surface area (Å²) in [5.74, 6) is 0.379. The van der Waals surface area contributed by atoms with E-state index >= 15 is 0 Å². The number of nitrogen functional groups attached to an aromatic ring is 1. The van der Waals surface area contributed by atoms with Crippen molar-refractivity contribution in [1.82, 2.24) is 14.3 Å². The zero-order chi connectivity index (χ0) is 14.3. The molecule has 0 atom stereocenters. The molecule has 3 N–H and O–H groups in total. The Kier molecular flexibility index (Phi) is 3.27. The van der Waals surface area contributed by atoms with E-state index in [4.69, 9.17) is 5.73 Å². The first-order valence-corrected chi connectivity index (χ1v) is 7.77. The van der Waals surface area contributed by atoms with Crippen LogP contribution in [0.25, 0.3) is 11.0 Å². The van der Waals surface area contributed by atoms with Crippen LogP contribution in [0.5, 0.6) is 0 Å². The highest BCUT2D eigenvalue weighted by molar-refractivity contribution is 7.88. The molecule has 0 radical (unpaired) electrons. The molecule has 2 aromatic rings. The smallest absolute Gasteiger partial charge is 0.209 e. The second kappa shape index (κ2) is 4.50. The summed E-state index contributed by atoms with van der Waals surface area (Å²) in [4.78, 5) is 4.26. The van der Waals surface area contributed by atoms with Crippen molar-refractivity contribution >= 4 is 27.0 Å². The Labute approximate surface area is 112 Å². The van der Waals surface area contributed by atoms with Crippen LogP contribution in [-0.2, 0) is 16.6 Å². The third-order valence-electron chi connectivity index (χ3n) is 2.70. The van der Waals surface area contributed by atoms with E-state index in [1.54, 1.807) is 0 Å².